The maximum absolute atomic E-state index is 12.4. The van der Waals surface area contributed by atoms with Crippen LogP contribution in [0.3, 0.4) is 0 Å². The number of ether oxygens (including phenoxy) is 1. The largest absolute Gasteiger partial charge is 0.454 e. The molecular weight excluding hydrogens is 372 g/mol. The summed E-state index contributed by atoms with van der Waals surface area (Å²) in [4.78, 5) is 37.7. The number of nitro benzene ring substituents is 1. The molecule has 0 atom stereocenters. The van der Waals surface area contributed by atoms with Crippen LogP contribution in [0, 0.1) is 10.1 Å². The van der Waals surface area contributed by atoms with Crippen molar-refractivity contribution in [3.8, 4) is 0 Å². The molecule has 0 radical (unpaired) electrons. The van der Waals surface area contributed by atoms with Gasteiger partial charge in [0.05, 0.1) is 10.5 Å². The minimum absolute atomic E-state index is 0.0707. The normalized spacial score (nSPS) is 15.2. The van der Waals surface area contributed by atoms with Crippen molar-refractivity contribution < 1.29 is 19.2 Å². The number of fused-ring (bicyclic) bond motifs is 1. The van der Waals surface area contributed by atoms with Crippen molar-refractivity contribution in [2.75, 3.05) is 24.6 Å². The Morgan fingerprint density at radius 2 is 1.69 bits per heavy atom. The molecule has 7 nitrogen and oxygen atoms in total. The average Bonchev–Trinajstić information content (AvgIpc) is 3.42. The van der Waals surface area contributed by atoms with Gasteiger partial charge in [0.1, 0.15) is 5.69 Å². The first kappa shape index (κ1) is 19.1. The predicted molar refractivity (Wildman–Crippen MR) is 108 cm³/mol. The highest BCUT2D eigenvalue weighted by Gasteiger charge is 2.24. The molecule has 2 aliphatic rings. The van der Waals surface area contributed by atoms with Gasteiger partial charge in [0, 0.05) is 24.7 Å². The fraction of sp³-hybridized carbons (Fsp3) is 0.364. The number of ketones is 1. The molecule has 150 valence electrons. The van der Waals surface area contributed by atoms with E-state index in [0.29, 0.717) is 11.3 Å². The molecular formula is C22H22N2O5. The number of nitrogens with zero attached hydrogens (tertiary/aromatic N) is 2. The minimum Gasteiger partial charge on any atom is -0.454 e. The number of anilines is 1. The Morgan fingerprint density at radius 1 is 0.966 bits per heavy atom. The second-order valence-electron chi connectivity index (χ2n) is 7.49. The summed E-state index contributed by atoms with van der Waals surface area (Å²) in [6, 6.07) is 9.92. The van der Waals surface area contributed by atoms with Gasteiger partial charge in [-0.25, -0.2) is 4.79 Å². The van der Waals surface area contributed by atoms with E-state index in [-0.39, 0.29) is 23.6 Å². The fourth-order valence-electron chi connectivity index (χ4n) is 4.07. The lowest BCUT2D eigenvalue weighted by Gasteiger charge is -2.17. The first-order valence-electron chi connectivity index (χ1n) is 9.88. The molecule has 1 saturated heterocycles. The molecule has 0 N–H and O–H groups in total. The van der Waals surface area contributed by atoms with E-state index in [9.17, 15) is 19.7 Å². The summed E-state index contributed by atoms with van der Waals surface area (Å²) in [6.45, 7) is 1.14. The third-order valence-corrected chi connectivity index (χ3v) is 5.61. The maximum Gasteiger partial charge on any atom is 0.338 e. The van der Waals surface area contributed by atoms with Crippen molar-refractivity contribution in [1.82, 2.24) is 0 Å². The lowest BCUT2D eigenvalue weighted by Crippen LogP contribution is -2.19. The summed E-state index contributed by atoms with van der Waals surface area (Å²) in [5.74, 6) is -1.02. The molecule has 7 heteroatoms. The number of benzene rings is 2. The van der Waals surface area contributed by atoms with Gasteiger partial charge in [-0.1, -0.05) is 12.1 Å². The van der Waals surface area contributed by atoms with E-state index in [2.05, 4.69) is 0 Å². The van der Waals surface area contributed by atoms with Crippen molar-refractivity contribution in [3.05, 3.63) is 68.8 Å². The Labute approximate surface area is 168 Å². The van der Waals surface area contributed by atoms with Crippen molar-refractivity contribution in [2.45, 2.75) is 32.1 Å². The van der Waals surface area contributed by atoms with Crippen LogP contribution >= 0.6 is 0 Å². The minimum atomic E-state index is -0.740. The van der Waals surface area contributed by atoms with Crippen molar-refractivity contribution in [2.24, 2.45) is 0 Å². The van der Waals surface area contributed by atoms with Crippen LogP contribution in [-0.2, 0) is 17.6 Å². The van der Waals surface area contributed by atoms with E-state index in [1.807, 2.05) is 17.0 Å². The van der Waals surface area contributed by atoms with Crippen LogP contribution in [0.15, 0.2) is 36.4 Å². The summed E-state index contributed by atoms with van der Waals surface area (Å²) < 4.78 is 5.14. The molecule has 0 unspecified atom stereocenters. The number of carbonyl (C=O) groups excluding carboxylic acids is 2. The number of Topliss-reactive ketones (excluding diaryl/α,β-unsaturated/α-hetero) is 1. The summed E-state index contributed by atoms with van der Waals surface area (Å²) in [5.41, 5.74) is 3.43. The van der Waals surface area contributed by atoms with Gasteiger partial charge in [-0.05, 0) is 61.4 Å². The third-order valence-electron chi connectivity index (χ3n) is 5.61. The Morgan fingerprint density at radius 3 is 2.45 bits per heavy atom. The number of rotatable bonds is 6. The first-order valence-corrected chi connectivity index (χ1v) is 9.88. The Hall–Kier alpha value is -3.22. The van der Waals surface area contributed by atoms with Crippen LogP contribution in [0.2, 0.25) is 0 Å². The van der Waals surface area contributed by atoms with Gasteiger partial charge >= 0.3 is 5.97 Å². The smallest absolute Gasteiger partial charge is 0.338 e. The molecule has 0 aromatic heterocycles. The number of esters is 1. The first-order chi connectivity index (χ1) is 14.0. The quantitative estimate of drug-likeness (QED) is 0.321. The van der Waals surface area contributed by atoms with Crippen LogP contribution < -0.4 is 4.90 Å². The molecule has 4 rings (SSSR count). The number of nitro groups is 1. The van der Waals surface area contributed by atoms with E-state index < -0.39 is 10.9 Å². The molecule has 1 aliphatic carbocycles. The molecule has 1 aliphatic heterocycles. The fourth-order valence-corrected chi connectivity index (χ4v) is 4.07. The zero-order valence-corrected chi connectivity index (χ0v) is 16.1. The monoisotopic (exact) mass is 394 g/mol. The number of hydrogen-bond acceptors (Lipinski definition) is 6. The highest BCUT2D eigenvalue weighted by Crippen LogP contribution is 2.32. The number of aryl methyl sites for hydroxylation is 2. The van der Waals surface area contributed by atoms with Gasteiger partial charge in [-0.3, -0.25) is 14.9 Å². The van der Waals surface area contributed by atoms with Crippen LogP contribution in [0.25, 0.3) is 0 Å². The molecule has 1 fully saturated rings. The van der Waals surface area contributed by atoms with Crippen molar-refractivity contribution in [1.29, 1.82) is 0 Å². The highest BCUT2D eigenvalue weighted by molar-refractivity contribution is 5.99. The molecule has 2 aromatic carbocycles. The molecule has 0 amide bonds. The molecule has 0 bridgehead atoms. The molecule has 0 saturated carbocycles. The molecule has 29 heavy (non-hydrogen) atoms. The van der Waals surface area contributed by atoms with Crippen LogP contribution in [0.5, 0.6) is 0 Å². The van der Waals surface area contributed by atoms with Gasteiger partial charge in [0.15, 0.2) is 12.4 Å². The molecule has 0 spiro atoms. The molecule has 1 heterocycles. The van der Waals surface area contributed by atoms with Gasteiger partial charge in [0.2, 0.25) is 0 Å². The Bertz CT molecular complexity index is 979. The van der Waals surface area contributed by atoms with Crippen LogP contribution in [0.1, 0.15) is 51.1 Å². The highest BCUT2D eigenvalue weighted by atomic mass is 16.6. The van der Waals surface area contributed by atoms with Gasteiger partial charge < -0.3 is 9.64 Å². The Kier molecular flexibility index (Phi) is 5.29. The lowest BCUT2D eigenvalue weighted by atomic mass is 10.0. The number of carbonyl (C=O) groups is 2. The van der Waals surface area contributed by atoms with E-state index in [1.165, 1.54) is 23.3 Å². The van der Waals surface area contributed by atoms with E-state index in [1.54, 1.807) is 12.1 Å². The molecule has 2 aromatic rings. The van der Waals surface area contributed by atoms with E-state index >= 15 is 0 Å². The Balaban J connectivity index is 1.44. The summed E-state index contributed by atoms with van der Waals surface area (Å²) in [6.07, 6.45) is 5.07. The van der Waals surface area contributed by atoms with Crippen LogP contribution in [-0.4, -0.2) is 36.4 Å². The standard InChI is InChI=1S/C22H22N2O5/c25-21(17-7-6-15-4-3-5-16(15)12-17)14-29-22(26)18-8-9-19(20(13-18)24(27)28)23-10-1-2-11-23/h6-9,12-13H,1-5,10-11,14H2. The maximum atomic E-state index is 12.4. The van der Waals surface area contributed by atoms with Gasteiger partial charge in [-0.15, -0.1) is 0 Å². The van der Waals surface area contributed by atoms with Crippen LogP contribution in [0.4, 0.5) is 11.4 Å². The van der Waals surface area contributed by atoms with E-state index in [4.69, 9.17) is 4.74 Å². The summed E-state index contributed by atoms with van der Waals surface area (Å²) >= 11 is 0. The summed E-state index contributed by atoms with van der Waals surface area (Å²) in [5, 5.41) is 11.5. The number of hydrogen-bond donors (Lipinski definition) is 0. The summed E-state index contributed by atoms with van der Waals surface area (Å²) in [7, 11) is 0. The van der Waals surface area contributed by atoms with Gasteiger partial charge in [0.25, 0.3) is 5.69 Å². The van der Waals surface area contributed by atoms with E-state index in [0.717, 1.165) is 45.2 Å². The topological polar surface area (TPSA) is 89.8 Å². The van der Waals surface area contributed by atoms with Crippen molar-refractivity contribution in [3.63, 3.8) is 0 Å². The SMILES string of the molecule is O=C(COC(=O)c1ccc(N2CCCC2)c([N+](=O)[O-])c1)c1ccc2c(c1)CCC2. The second kappa shape index (κ2) is 8.03. The second-order valence-corrected chi connectivity index (χ2v) is 7.49. The third kappa shape index (κ3) is 3.99. The predicted octanol–water partition coefficient (Wildman–Crippen LogP) is 3.72. The van der Waals surface area contributed by atoms with Crippen molar-refractivity contribution >= 4 is 23.1 Å². The lowest BCUT2D eigenvalue weighted by molar-refractivity contribution is -0.384. The zero-order chi connectivity index (χ0) is 20.4. The average molecular weight is 394 g/mol. The zero-order valence-electron chi connectivity index (χ0n) is 16.1. The van der Waals surface area contributed by atoms with Gasteiger partial charge in [-0.2, -0.15) is 0 Å².